The molecule has 1 amide bonds. The average molecular weight is 438 g/mol. The van der Waals surface area contributed by atoms with Crippen molar-refractivity contribution in [1.82, 2.24) is 5.43 Å². The van der Waals surface area contributed by atoms with Crippen LogP contribution in [0, 0.1) is 0 Å². The zero-order valence-electron chi connectivity index (χ0n) is 17.6. The predicted octanol–water partition coefficient (Wildman–Crippen LogP) is 5.40. The SMILES string of the molecule is COC(=O)c1ccccc1-c1ccc(/C=N/NC(=O)c2cc3c(ccc4ccccc43)o2)o1. The van der Waals surface area contributed by atoms with Gasteiger partial charge in [0.15, 0.2) is 5.76 Å². The Morgan fingerprint density at radius 2 is 1.73 bits per heavy atom. The molecule has 7 heteroatoms. The summed E-state index contributed by atoms with van der Waals surface area (Å²) in [5, 5.41) is 6.90. The van der Waals surface area contributed by atoms with Crippen LogP contribution in [-0.4, -0.2) is 25.2 Å². The van der Waals surface area contributed by atoms with Gasteiger partial charge in [0.05, 0.1) is 18.9 Å². The summed E-state index contributed by atoms with van der Waals surface area (Å²) in [5.41, 5.74) is 4.07. The fourth-order valence-corrected chi connectivity index (χ4v) is 3.67. The Hall–Kier alpha value is -4.65. The number of benzene rings is 3. The molecule has 0 aliphatic heterocycles. The van der Waals surface area contributed by atoms with Crippen LogP contribution in [0.25, 0.3) is 33.1 Å². The van der Waals surface area contributed by atoms with Gasteiger partial charge in [-0.05, 0) is 41.1 Å². The molecule has 0 aliphatic rings. The Balaban J connectivity index is 1.33. The van der Waals surface area contributed by atoms with Crippen LogP contribution in [0.1, 0.15) is 26.7 Å². The van der Waals surface area contributed by atoms with Crippen LogP contribution in [0.15, 0.2) is 92.8 Å². The van der Waals surface area contributed by atoms with E-state index in [-0.39, 0.29) is 5.76 Å². The number of carbonyl (C=O) groups excluding carboxylic acids is 2. The zero-order valence-corrected chi connectivity index (χ0v) is 17.6. The van der Waals surface area contributed by atoms with Gasteiger partial charge in [0, 0.05) is 10.9 Å². The van der Waals surface area contributed by atoms with Gasteiger partial charge < -0.3 is 13.6 Å². The maximum atomic E-state index is 12.5. The summed E-state index contributed by atoms with van der Waals surface area (Å²) in [6, 6.07) is 23.8. The summed E-state index contributed by atoms with van der Waals surface area (Å²) in [6.45, 7) is 0. The number of hydrogen-bond acceptors (Lipinski definition) is 6. The van der Waals surface area contributed by atoms with E-state index in [1.165, 1.54) is 13.3 Å². The topological polar surface area (TPSA) is 94.0 Å². The molecule has 0 aliphatic carbocycles. The highest BCUT2D eigenvalue weighted by Crippen LogP contribution is 2.28. The van der Waals surface area contributed by atoms with Crippen molar-refractivity contribution in [2.24, 2.45) is 5.10 Å². The van der Waals surface area contributed by atoms with Gasteiger partial charge in [0.1, 0.15) is 17.1 Å². The van der Waals surface area contributed by atoms with Gasteiger partial charge in [-0.3, -0.25) is 4.79 Å². The maximum Gasteiger partial charge on any atom is 0.338 e. The minimum Gasteiger partial charge on any atom is -0.465 e. The Bertz CT molecular complexity index is 1530. The van der Waals surface area contributed by atoms with Crippen molar-refractivity contribution in [2.75, 3.05) is 7.11 Å². The third-order valence-electron chi connectivity index (χ3n) is 5.23. The lowest BCUT2D eigenvalue weighted by molar-refractivity contribution is 0.0601. The van der Waals surface area contributed by atoms with E-state index in [1.807, 2.05) is 36.4 Å². The van der Waals surface area contributed by atoms with Crippen LogP contribution in [-0.2, 0) is 4.74 Å². The van der Waals surface area contributed by atoms with Gasteiger partial charge >= 0.3 is 11.9 Å². The Morgan fingerprint density at radius 1 is 0.909 bits per heavy atom. The summed E-state index contributed by atoms with van der Waals surface area (Å²) in [5.74, 6) is 0.108. The first-order chi connectivity index (χ1) is 16.1. The van der Waals surface area contributed by atoms with Gasteiger partial charge in [0.25, 0.3) is 0 Å². The molecule has 2 heterocycles. The predicted molar refractivity (Wildman–Crippen MR) is 124 cm³/mol. The van der Waals surface area contributed by atoms with Gasteiger partial charge in [-0.1, -0.05) is 48.5 Å². The molecule has 33 heavy (non-hydrogen) atoms. The van der Waals surface area contributed by atoms with E-state index in [2.05, 4.69) is 10.5 Å². The smallest absolute Gasteiger partial charge is 0.338 e. The van der Waals surface area contributed by atoms with Crippen molar-refractivity contribution in [2.45, 2.75) is 0 Å². The van der Waals surface area contributed by atoms with E-state index >= 15 is 0 Å². The number of esters is 1. The lowest BCUT2D eigenvalue weighted by Crippen LogP contribution is -2.16. The first-order valence-corrected chi connectivity index (χ1v) is 10.2. The van der Waals surface area contributed by atoms with E-state index in [0.717, 1.165) is 16.2 Å². The Labute approximate surface area is 188 Å². The molecular formula is C26H18N2O5. The van der Waals surface area contributed by atoms with Crippen LogP contribution in [0.4, 0.5) is 0 Å². The molecule has 0 unspecified atom stereocenters. The molecule has 0 spiro atoms. The highest BCUT2D eigenvalue weighted by molar-refractivity contribution is 6.08. The summed E-state index contributed by atoms with van der Waals surface area (Å²) in [6.07, 6.45) is 1.38. The maximum absolute atomic E-state index is 12.5. The zero-order chi connectivity index (χ0) is 22.8. The number of rotatable bonds is 5. The van der Waals surface area contributed by atoms with Crippen LogP contribution < -0.4 is 5.43 Å². The molecule has 0 saturated carbocycles. The molecule has 5 aromatic rings. The van der Waals surface area contributed by atoms with Crippen LogP contribution in [0.5, 0.6) is 0 Å². The van der Waals surface area contributed by atoms with Crippen LogP contribution in [0.3, 0.4) is 0 Å². The van der Waals surface area contributed by atoms with Gasteiger partial charge in [-0.25, -0.2) is 10.2 Å². The number of methoxy groups -OCH3 is 1. The number of amides is 1. The van der Waals surface area contributed by atoms with E-state index in [0.29, 0.717) is 28.2 Å². The summed E-state index contributed by atoms with van der Waals surface area (Å²) in [7, 11) is 1.33. The summed E-state index contributed by atoms with van der Waals surface area (Å²) < 4.78 is 16.3. The first-order valence-electron chi connectivity index (χ1n) is 10.2. The number of nitrogens with one attached hydrogen (secondary N) is 1. The molecule has 0 saturated heterocycles. The van der Waals surface area contributed by atoms with Gasteiger partial charge in [0.2, 0.25) is 0 Å². The van der Waals surface area contributed by atoms with Crippen LogP contribution >= 0.6 is 0 Å². The van der Waals surface area contributed by atoms with E-state index in [4.69, 9.17) is 13.6 Å². The summed E-state index contributed by atoms with van der Waals surface area (Å²) in [4.78, 5) is 24.5. The van der Waals surface area contributed by atoms with Crippen molar-refractivity contribution in [3.8, 4) is 11.3 Å². The number of ether oxygens (including phenoxy) is 1. The molecule has 0 fully saturated rings. The largest absolute Gasteiger partial charge is 0.465 e. The molecule has 162 valence electrons. The number of hydrogen-bond donors (Lipinski definition) is 1. The van der Waals surface area contributed by atoms with Crippen molar-refractivity contribution in [1.29, 1.82) is 0 Å². The van der Waals surface area contributed by atoms with Crippen molar-refractivity contribution in [3.05, 3.63) is 95.9 Å². The molecule has 0 bridgehead atoms. The van der Waals surface area contributed by atoms with Crippen molar-refractivity contribution >= 4 is 39.8 Å². The fraction of sp³-hybridized carbons (Fsp3) is 0.0385. The third-order valence-corrected chi connectivity index (χ3v) is 5.23. The number of carbonyl (C=O) groups is 2. The Kier molecular flexibility index (Phi) is 5.20. The lowest BCUT2D eigenvalue weighted by atomic mass is 10.1. The number of furan rings is 2. The third kappa shape index (κ3) is 3.87. The monoisotopic (exact) mass is 438 g/mol. The van der Waals surface area contributed by atoms with Crippen molar-refractivity contribution < 1.29 is 23.2 Å². The summed E-state index contributed by atoms with van der Waals surface area (Å²) >= 11 is 0. The minimum absolute atomic E-state index is 0.158. The second-order valence-electron chi connectivity index (χ2n) is 7.25. The molecular weight excluding hydrogens is 420 g/mol. The standard InChI is InChI=1S/C26H18N2O5/c1-31-26(30)20-9-5-4-8-19(20)22-13-11-17(32-22)15-27-28-25(29)24-14-21-18-7-3-2-6-16(18)10-12-23(21)33-24/h2-15H,1H3,(H,28,29)/b27-15+. The second kappa shape index (κ2) is 8.47. The van der Waals surface area contributed by atoms with Gasteiger partial charge in [-0.2, -0.15) is 5.10 Å². The van der Waals surface area contributed by atoms with Crippen LogP contribution in [0.2, 0.25) is 0 Å². The van der Waals surface area contributed by atoms with E-state index in [1.54, 1.807) is 42.5 Å². The molecule has 7 nitrogen and oxygen atoms in total. The lowest BCUT2D eigenvalue weighted by Gasteiger charge is -2.04. The van der Waals surface area contributed by atoms with E-state index < -0.39 is 11.9 Å². The molecule has 0 radical (unpaired) electrons. The van der Waals surface area contributed by atoms with Gasteiger partial charge in [-0.15, -0.1) is 0 Å². The first kappa shape index (κ1) is 20.3. The number of hydrazone groups is 1. The number of nitrogens with zero attached hydrogens (tertiary/aromatic N) is 1. The normalized spacial score (nSPS) is 11.3. The average Bonchev–Trinajstić information content (AvgIpc) is 3.51. The Morgan fingerprint density at radius 3 is 2.61 bits per heavy atom. The highest BCUT2D eigenvalue weighted by Gasteiger charge is 2.16. The molecule has 3 aromatic carbocycles. The molecule has 0 atom stereocenters. The molecule has 5 rings (SSSR count). The quantitative estimate of drug-likeness (QED) is 0.225. The fourth-order valence-electron chi connectivity index (χ4n) is 3.67. The van der Waals surface area contributed by atoms with Crippen molar-refractivity contribution in [3.63, 3.8) is 0 Å². The van der Waals surface area contributed by atoms with E-state index in [9.17, 15) is 9.59 Å². The number of fused-ring (bicyclic) bond motifs is 3. The minimum atomic E-state index is -0.477. The molecule has 2 aromatic heterocycles. The molecule has 1 N–H and O–H groups in total. The second-order valence-corrected chi connectivity index (χ2v) is 7.25. The highest BCUT2D eigenvalue weighted by atomic mass is 16.5.